The van der Waals surface area contributed by atoms with Gasteiger partial charge in [-0.2, -0.15) is 4.98 Å². The molecule has 12 heteroatoms. The number of aromatic nitrogens is 2. The second-order valence-corrected chi connectivity index (χ2v) is 10.4. The Labute approximate surface area is 253 Å². The number of amides is 1. The van der Waals surface area contributed by atoms with Gasteiger partial charge in [0, 0.05) is 62.3 Å². The molecule has 1 aliphatic rings. The normalized spacial score (nSPS) is 13.9. The smallest absolute Gasteiger partial charge is 0.413 e. The van der Waals surface area contributed by atoms with Crippen LogP contribution in [0.2, 0.25) is 0 Å². The fourth-order valence-corrected chi connectivity index (χ4v) is 4.95. The Kier molecular flexibility index (Phi) is 11.2. The summed E-state index contributed by atoms with van der Waals surface area (Å²) in [5, 5.41) is 13.1. The first kappa shape index (κ1) is 31.6. The van der Waals surface area contributed by atoms with Crippen molar-refractivity contribution in [2.75, 3.05) is 70.9 Å². The topological polar surface area (TPSA) is 122 Å². The van der Waals surface area contributed by atoms with Gasteiger partial charge in [0.25, 0.3) is 0 Å². The SMILES string of the molecule is COc1ccc(OC)c(CN(C(=O)O)c2ccnc(Nc3ccc(OCCCN4CCN(C(C)C)CC4)c(OC)c3)n2)c1. The molecule has 0 unspecified atom stereocenters. The summed E-state index contributed by atoms with van der Waals surface area (Å²) in [4.78, 5) is 27.1. The van der Waals surface area contributed by atoms with Gasteiger partial charge < -0.3 is 34.3 Å². The fourth-order valence-electron chi connectivity index (χ4n) is 4.95. The average Bonchev–Trinajstić information content (AvgIpc) is 3.02. The monoisotopic (exact) mass is 594 g/mol. The lowest BCUT2D eigenvalue weighted by Gasteiger charge is -2.36. The molecule has 1 fully saturated rings. The number of nitrogens with one attached hydrogen (secondary N) is 1. The van der Waals surface area contributed by atoms with Crippen LogP contribution >= 0.6 is 0 Å². The number of carboxylic acid groups (broad SMARTS) is 1. The minimum atomic E-state index is -1.17. The maximum atomic E-state index is 12.2. The number of nitrogens with zero attached hydrogens (tertiary/aromatic N) is 5. The highest BCUT2D eigenvalue weighted by molar-refractivity contribution is 5.85. The summed E-state index contributed by atoms with van der Waals surface area (Å²) in [6.45, 7) is 10.5. The largest absolute Gasteiger partial charge is 0.497 e. The molecule has 4 rings (SSSR count). The lowest BCUT2D eigenvalue weighted by molar-refractivity contribution is 0.104. The quantitative estimate of drug-likeness (QED) is 0.252. The van der Waals surface area contributed by atoms with Gasteiger partial charge in [-0.05, 0) is 56.7 Å². The van der Waals surface area contributed by atoms with Crippen molar-refractivity contribution < 1.29 is 28.8 Å². The van der Waals surface area contributed by atoms with Crippen molar-refractivity contribution in [2.45, 2.75) is 32.9 Å². The molecule has 0 radical (unpaired) electrons. The molecule has 12 nitrogen and oxygen atoms in total. The lowest BCUT2D eigenvalue weighted by Crippen LogP contribution is -2.49. The zero-order valence-electron chi connectivity index (χ0n) is 25.6. The Morgan fingerprint density at radius 3 is 2.40 bits per heavy atom. The van der Waals surface area contributed by atoms with Crippen LogP contribution in [0, 0.1) is 0 Å². The van der Waals surface area contributed by atoms with Crippen molar-refractivity contribution in [1.29, 1.82) is 0 Å². The maximum Gasteiger partial charge on any atom is 0.413 e. The van der Waals surface area contributed by atoms with Gasteiger partial charge in [-0.15, -0.1) is 0 Å². The van der Waals surface area contributed by atoms with E-state index in [1.807, 2.05) is 12.1 Å². The molecule has 1 aliphatic heterocycles. The van der Waals surface area contributed by atoms with Crippen LogP contribution in [0.25, 0.3) is 0 Å². The van der Waals surface area contributed by atoms with Crippen LogP contribution in [-0.4, -0.2) is 97.7 Å². The van der Waals surface area contributed by atoms with E-state index in [2.05, 4.69) is 38.9 Å². The van der Waals surface area contributed by atoms with E-state index < -0.39 is 6.09 Å². The third kappa shape index (κ3) is 8.62. The first-order valence-electron chi connectivity index (χ1n) is 14.4. The summed E-state index contributed by atoms with van der Waals surface area (Å²) in [5.41, 5.74) is 1.30. The number of benzene rings is 2. The molecule has 0 atom stereocenters. The molecule has 1 amide bonds. The minimum Gasteiger partial charge on any atom is -0.497 e. The van der Waals surface area contributed by atoms with Crippen LogP contribution in [0.5, 0.6) is 23.0 Å². The molecule has 232 valence electrons. The van der Waals surface area contributed by atoms with Crippen molar-refractivity contribution in [1.82, 2.24) is 19.8 Å². The van der Waals surface area contributed by atoms with E-state index >= 15 is 0 Å². The van der Waals surface area contributed by atoms with Crippen LogP contribution < -0.4 is 29.2 Å². The minimum absolute atomic E-state index is 0.000167. The van der Waals surface area contributed by atoms with Gasteiger partial charge in [-0.1, -0.05) is 0 Å². The predicted molar refractivity (Wildman–Crippen MR) is 165 cm³/mol. The molecule has 1 aromatic heterocycles. The third-order valence-corrected chi connectivity index (χ3v) is 7.40. The van der Waals surface area contributed by atoms with E-state index in [-0.39, 0.29) is 18.3 Å². The summed E-state index contributed by atoms with van der Waals surface area (Å²) in [6.07, 6.45) is 1.25. The summed E-state index contributed by atoms with van der Waals surface area (Å²) >= 11 is 0. The summed E-state index contributed by atoms with van der Waals surface area (Å²) in [5.74, 6) is 2.79. The van der Waals surface area contributed by atoms with E-state index in [0.717, 1.165) is 44.0 Å². The van der Waals surface area contributed by atoms with Gasteiger partial charge >= 0.3 is 6.09 Å². The van der Waals surface area contributed by atoms with Gasteiger partial charge in [0.2, 0.25) is 5.95 Å². The van der Waals surface area contributed by atoms with Crippen molar-refractivity contribution in [3.05, 3.63) is 54.2 Å². The van der Waals surface area contributed by atoms with E-state index in [0.29, 0.717) is 46.9 Å². The van der Waals surface area contributed by atoms with Gasteiger partial charge in [0.15, 0.2) is 11.5 Å². The van der Waals surface area contributed by atoms with Gasteiger partial charge in [0.05, 0.1) is 34.5 Å². The standard InChI is InChI=1S/C31H42N6O6/c1-22(2)36-16-14-35(15-17-36)13-6-18-43-27-9-7-24(20-28(27)42-5)33-30-32-12-11-29(34-30)37(31(38)39)21-23-19-25(40-3)8-10-26(23)41-4/h7-12,19-20,22H,6,13-18,21H2,1-5H3,(H,38,39)(H,32,33,34). The van der Waals surface area contributed by atoms with Crippen LogP contribution in [0.3, 0.4) is 0 Å². The number of rotatable bonds is 14. The number of hydrogen-bond donors (Lipinski definition) is 2. The highest BCUT2D eigenvalue weighted by Gasteiger charge is 2.21. The number of ether oxygens (including phenoxy) is 4. The maximum absolute atomic E-state index is 12.2. The molecular formula is C31H42N6O6. The third-order valence-electron chi connectivity index (χ3n) is 7.40. The van der Waals surface area contributed by atoms with E-state index in [1.54, 1.807) is 38.5 Å². The van der Waals surface area contributed by atoms with Crippen molar-refractivity contribution in [3.63, 3.8) is 0 Å². The summed E-state index contributed by atoms with van der Waals surface area (Å²) in [7, 11) is 4.67. The predicted octanol–water partition coefficient (Wildman–Crippen LogP) is 4.73. The molecule has 0 bridgehead atoms. The highest BCUT2D eigenvalue weighted by atomic mass is 16.5. The Balaban J connectivity index is 1.37. The van der Waals surface area contributed by atoms with Crippen LogP contribution in [0.15, 0.2) is 48.7 Å². The Morgan fingerprint density at radius 1 is 0.977 bits per heavy atom. The first-order chi connectivity index (χ1) is 20.8. The fraction of sp³-hybridized carbons (Fsp3) is 0.452. The zero-order chi connectivity index (χ0) is 30.8. The lowest BCUT2D eigenvalue weighted by atomic mass is 10.1. The highest BCUT2D eigenvalue weighted by Crippen LogP contribution is 2.32. The molecule has 1 saturated heterocycles. The Bertz CT molecular complexity index is 1350. The number of hydrogen-bond acceptors (Lipinski definition) is 10. The van der Waals surface area contributed by atoms with Crippen molar-refractivity contribution in [3.8, 4) is 23.0 Å². The van der Waals surface area contributed by atoms with Gasteiger partial charge in [0.1, 0.15) is 17.3 Å². The molecule has 3 aromatic rings. The van der Waals surface area contributed by atoms with Crippen molar-refractivity contribution >= 4 is 23.5 Å². The molecule has 0 spiro atoms. The van der Waals surface area contributed by atoms with Gasteiger partial charge in [-0.25, -0.2) is 9.78 Å². The molecule has 0 saturated carbocycles. The Morgan fingerprint density at radius 2 is 1.72 bits per heavy atom. The zero-order valence-corrected chi connectivity index (χ0v) is 25.6. The number of methoxy groups -OCH3 is 3. The first-order valence-corrected chi connectivity index (χ1v) is 14.4. The molecule has 2 aromatic carbocycles. The van der Waals surface area contributed by atoms with Crippen LogP contribution in [0.4, 0.5) is 22.2 Å². The molecular weight excluding hydrogens is 552 g/mol. The summed E-state index contributed by atoms with van der Waals surface area (Å²) in [6, 6.07) is 12.8. The van der Waals surface area contributed by atoms with E-state index in [4.69, 9.17) is 18.9 Å². The molecule has 2 heterocycles. The van der Waals surface area contributed by atoms with Gasteiger partial charge in [-0.3, -0.25) is 9.80 Å². The molecule has 2 N–H and O–H groups in total. The molecule has 43 heavy (non-hydrogen) atoms. The second kappa shape index (κ2) is 15.3. The second-order valence-electron chi connectivity index (χ2n) is 10.4. The number of anilines is 3. The van der Waals surface area contributed by atoms with E-state index in [9.17, 15) is 9.90 Å². The Hall–Kier alpha value is -4.29. The van der Waals surface area contributed by atoms with Crippen LogP contribution in [0.1, 0.15) is 25.8 Å². The van der Waals surface area contributed by atoms with Crippen LogP contribution in [-0.2, 0) is 6.54 Å². The molecule has 0 aliphatic carbocycles. The summed E-state index contributed by atoms with van der Waals surface area (Å²) < 4.78 is 22.3. The van der Waals surface area contributed by atoms with Crippen molar-refractivity contribution in [2.24, 2.45) is 0 Å². The average molecular weight is 595 g/mol. The number of carbonyl (C=O) groups is 1. The number of piperazine rings is 1. The van der Waals surface area contributed by atoms with E-state index in [1.165, 1.54) is 19.4 Å².